The van der Waals surface area contributed by atoms with Crippen molar-refractivity contribution < 1.29 is 15.0 Å². The molecule has 1 aromatic heterocycles. The minimum atomic E-state index is -0.887. The van der Waals surface area contributed by atoms with Crippen molar-refractivity contribution in [3.8, 4) is 0 Å². The van der Waals surface area contributed by atoms with Crippen molar-refractivity contribution in [3.05, 3.63) is 35.0 Å². The Morgan fingerprint density at radius 1 is 1.29 bits per heavy atom. The highest BCUT2D eigenvalue weighted by Crippen LogP contribution is 2.28. The summed E-state index contributed by atoms with van der Waals surface area (Å²) in [5.41, 5.74) is 3.40. The lowest BCUT2D eigenvalue weighted by atomic mass is 10.0. The molecule has 2 N–H and O–H groups in total. The first-order valence-corrected chi connectivity index (χ1v) is 7.61. The number of carboxylic acids is 1. The van der Waals surface area contributed by atoms with Gasteiger partial charge in [0.1, 0.15) is 0 Å². The molecule has 0 aliphatic rings. The third-order valence-electron chi connectivity index (χ3n) is 3.83. The molecule has 4 nitrogen and oxygen atoms in total. The third kappa shape index (κ3) is 3.10. The summed E-state index contributed by atoms with van der Waals surface area (Å²) in [5.74, 6) is -0.887. The van der Waals surface area contributed by atoms with Crippen LogP contribution in [-0.2, 0) is 19.4 Å². The van der Waals surface area contributed by atoms with E-state index in [0.717, 1.165) is 35.7 Å². The van der Waals surface area contributed by atoms with E-state index in [4.69, 9.17) is 5.11 Å². The summed E-state index contributed by atoms with van der Waals surface area (Å²) in [4.78, 5) is 11.6. The predicted octanol–water partition coefficient (Wildman–Crippen LogP) is 3.24. The number of nitrogens with zero attached hydrogens (tertiary/aromatic N) is 1. The second-order valence-electron chi connectivity index (χ2n) is 5.37. The van der Waals surface area contributed by atoms with Gasteiger partial charge in [-0.25, -0.2) is 4.79 Å². The van der Waals surface area contributed by atoms with Crippen molar-refractivity contribution >= 4 is 16.9 Å². The molecule has 0 radical (unpaired) electrons. The molecule has 0 bridgehead atoms. The van der Waals surface area contributed by atoms with Crippen molar-refractivity contribution in [2.45, 2.75) is 46.1 Å². The minimum absolute atomic E-state index is 0.109. The average Bonchev–Trinajstić information content (AvgIpc) is 2.82. The van der Waals surface area contributed by atoms with E-state index in [9.17, 15) is 9.90 Å². The second kappa shape index (κ2) is 6.76. The lowest BCUT2D eigenvalue weighted by molar-refractivity contribution is 0.0698. The molecule has 2 aromatic rings. The summed E-state index contributed by atoms with van der Waals surface area (Å²) in [7, 11) is 0. The van der Waals surface area contributed by atoms with Gasteiger partial charge in [0.05, 0.1) is 11.1 Å². The highest BCUT2D eigenvalue weighted by molar-refractivity contribution is 6.03. The summed E-state index contributed by atoms with van der Waals surface area (Å²) in [6.07, 6.45) is 5.47. The number of aryl methyl sites for hydroxylation is 3. The molecular weight excluding hydrogens is 266 g/mol. The van der Waals surface area contributed by atoms with Gasteiger partial charge in [-0.05, 0) is 42.5 Å². The van der Waals surface area contributed by atoms with Crippen molar-refractivity contribution in [2.75, 3.05) is 6.61 Å². The van der Waals surface area contributed by atoms with Crippen LogP contribution in [0.25, 0.3) is 10.9 Å². The molecular formula is C17H23NO3. The van der Waals surface area contributed by atoms with E-state index < -0.39 is 5.97 Å². The lowest BCUT2D eigenvalue weighted by Crippen LogP contribution is -2.05. The zero-order valence-corrected chi connectivity index (χ0v) is 12.7. The maximum atomic E-state index is 11.6. The topological polar surface area (TPSA) is 62.5 Å². The van der Waals surface area contributed by atoms with E-state index in [0.29, 0.717) is 18.5 Å². The Labute approximate surface area is 125 Å². The molecule has 0 fully saturated rings. The minimum Gasteiger partial charge on any atom is -0.478 e. The molecule has 0 atom stereocenters. The first-order chi connectivity index (χ1) is 10.1. The number of hydrogen-bond donors (Lipinski definition) is 2. The number of aliphatic hydroxyl groups is 1. The van der Waals surface area contributed by atoms with Crippen molar-refractivity contribution in [1.29, 1.82) is 0 Å². The molecule has 2 rings (SSSR count). The van der Waals surface area contributed by atoms with Crippen LogP contribution in [0.3, 0.4) is 0 Å². The lowest BCUT2D eigenvalue weighted by Gasteiger charge is -2.08. The normalized spacial score (nSPS) is 11.2. The van der Waals surface area contributed by atoms with Crippen molar-refractivity contribution in [1.82, 2.24) is 4.57 Å². The van der Waals surface area contributed by atoms with Crippen LogP contribution in [0.2, 0.25) is 0 Å². The molecule has 114 valence electrons. The highest BCUT2D eigenvalue weighted by atomic mass is 16.4. The van der Waals surface area contributed by atoms with E-state index in [1.54, 1.807) is 6.07 Å². The number of aliphatic hydroxyl groups excluding tert-OH is 1. The van der Waals surface area contributed by atoms with Gasteiger partial charge in [0, 0.05) is 24.7 Å². The molecule has 0 saturated carbocycles. The van der Waals surface area contributed by atoms with Crippen LogP contribution < -0.4 is 0 Å². The Morgan fingerprint density at radius 2 is 2.05 bits per heavy atom. The van der Waals surface area contributed by atoms with Crippen LogP contribution in [0, 0.1) is 0 Å². The van der Waals surface area contributed by atoms with Crippen LogP contribution >= 0.6 is 0 Å². The van der Waals surface area contributed by atoms with Gasteiger partial charge in [-0.15, -0.1) is 0 Å². The fraction of sp³-hybridized carbons (Fsp3) is 0.471. The Hall–Kier alpha value is -1.81. The van der Waals surface area contributed by atoms with Crippen LogP contribution in [0.1, 0.15) is 48.2 Å². The summed E-state index contributed by atoms with van der Waals surface area (Å²) in [6, 6.07) is 3.89. The maximum Gasteiger partial charge on any atom is 0.337 e. The van der Waals surface area contributed by atoms with E-state index in [1.807, 2.05) is 11.5 Å². The molecule has 1 aromatic carbocycles. The molecule has 1 heterocycles. The van der Waals surface area contributed by atoms with Gasteiger partial charge in [-0.1, -0.05) is 20.3 Å². The Morgan fingerprint density at radius 3 is 2.62 bits per heavy atom. The van der Waals surface area contributed by atoms with Gasteiger partial charge in [-0.2, -0.15) is 0 Å². The Bertz CT molecular complexity index is 643. The quantitative estimate of drug-likeness (QED) is 0.822. The first-order valence-electron chi connectivity index (χ1n) is 7.61. The van der Waals surface area contributed by atoms with Crippen LogP contribution in [0.4, 0.5) is 0 Å². The number of carboxylic acid groups (broad SMARTS) is 1. The van der Waals surface area contributed by atoms with Crippen molar-refractivity contribution in [2.24, 2.45) is 0 Å². The standard InChI is InChI=1S/C17H23NO3/c1-3-6-13-11-18(7-5-8-19)16-14(13)9-12(4-2)10-15(16)17(20)21/h9-11,19H,3-8H2,1-2H3,(H,20,21). The second-order valence-corrected chi connectivity index (χ2v) is 5.37. The van der Waals surface area contributed by atoms with Gasteiger partial charge in [0.2, 0.25) is 0 Å². The number of fused-ring (bicyclic) bond motifs is 1. The van der Waals surface area contributed by atoms with Crippen LogP contribution in [0.15, 0.2) is 18.3 Å². The summed E-state index contributed by atoms with van der Waals surface area (Å²) >= 11 is 0. The molecule has 0 spiro atoms. The zero-order chi connectivity index (χ0) is 15.4. The smallest absolute Gasteiger partial charge is 0.337 e. The highest BCUT2D eigenvalue weighted by Gasteiger charge is 2.17. The molecule has 0 unspecified atom stereocenters. The molecule has 21 heavy (non-hydrogen) atoms. The number of aromatic nitrogens is 1. The molecule has 4 heteroatoms. The monoisotopic (exact) mass is 289 g/mol. The van der Waals surface area contributed by atoms with Gasteiger partial charge < -0.3 is 14.8 Å². The maximum absolute atomic E-state index is 11.6. The number of carbonyl (C=O) groups is 1. The van der Waals surface area contributed by atoms with Gasteiger partial charge in [0.15, 0.2) is 0 Å². The fourth-order valence-corrected chi connectivity index (χ4v) is 2.82. The summed E-state index contributed by atoms with van der Waals surface area (Å²) in [6.45, 7) is 4.91. The van der Waals surface area contributed by atoms with E-state index in [1.165, 1.54) is 5.56 Å². The number of rotatable bonds is 7. The molecule has 0 aliphatic heterocycles. The summed E-state index contributed by atoms with van der Waals surface area (Å²) < 4.78 is 1.99. The number of aromatic carboxylic acids is 1. The molecule has 0 amide bonds. The Balaban J connectivity index is 2.69. The molecule has 0 saturated heterocycles. The summed E-state index contributed by atoms with van der Waals surface area (Å²) in [5, 5.41) is 19.6. The molecule has 0 aliphatic carbocycles. The fourth-order valence-electron chi connectivity index (χ4n) is 2.82. The van der Waals surface area contributed by atoms with Gasteiger partial charge in [0.25, 0.3) is 0 Å². The predicted molar refractivity (Wildman–Crippen MR) is 84.0 cm³/mol. The first kappa shape index (κ1) is 15.6. The van der Waals surface area contributed by atoms with Gasteiger partial charge >= 0.3 is 5.97 Å². The zero-order valence-electron chi connectivity index (χ0n) is 12.7. The largest absolute Gasteiger partial charge is 0.478 e. The average molecular weight is 289 g/mol. The van der Waals surface area contributed by atoms with E-state index >= 15 is 0 Å². The Kier molecular flexibility index (Phi) is 5.02. The third-order valence-corrected chi connectivity index (χ3v) is 3.83. The van der Waals surface area contributed by atoms with Crippen LogP contribution in [0.5, 0.6) is 0 Å². The van der Waals surface area contributed by atoms with Crippen LogP contribution in [-0.4, -0.2) is 27.4 Å². The van der Waals surface area contributed by atoms with Crippen molar-refractivity contribution in [3.63, 3.8) is 0 Å². The number of hydrogen-bond acceptors (Lipinski definition) is 2. The van der Waals surface area contributed by atoms with E-state index in [2.05, 4.69) is 19.2 Å². The SMILES string of the molecule is CCCc1cn(CCCO)c2c(C(=O)O)cc(CC)cc12. The number of benzene rings is 1. The van der Waals surface area contributed by atoms with E-state index in [-0.39, 0.29) is 6.61 Å². The van der Waals surface area contributed by atoms with Gasteiger partial charge in [-0.3, -0.25) is 0 Å².